The molecule has 2 heterocycles. The van der Waals surface area contributed by atoms with Crippen molar-refractivity contribution in [2.45, 2.75) is 51.2 Å². The maximum Gasteiger partial charge on any atom is 0.410 e. The molecule has 0 N–H and O–H groups in total. The fraction of sp³-hybridized carbons (Fsp3) is 0.636. The smallest absolute Gasteiger partial charge is 0.410 e. The average molecular weight is 386 g/mol. The molecule has 2 aliphatic heterocycles. The SMILES string of the molecule is COC(=O)C1CN(C2CCc3cc(C4CN(C(=O)OC(C)(C)C)C4)ccc32)C1. The van der Waals surface area contributed by atoms with E-state index in [1.54, 1.807) is 4.90 Å². The summed E-state index contributed by atoms with van der Waals surface area (Å²) < 4.78 is 10.3. The van der Waals surface area contributed by atoms with Gasteiger partial charge in [0.1, 0.15) is 5.60 Å². The normalized spacial score (nSPS) is 23.0. The molecule has 0 saturated carbocycles. The van der Waals surface area contributed by atoms with Gasteiger partial charge in [0.25, 0.3) is 0 Å². The molecule has 1 atom stereocenters. The summed E-state index contributed by atoms with van der Waals surface area (Å²) in [6.07, 6.45) is 1.97. The minimum atomic E-state index is -0.450. The van der Waals surface area contributed by atoms with Gasteiger partial charge in [-0.15, -0.1) is 0 Å². The molecule has 1 aliphatic carbocycles. The van der Waals surface area contributed by atoms with Crippen molar-refractivity contribution in [1.82, 2.24) is 9.80 Å². The molecule has 1 aromatic rings. The molecular formula is C22H30N2O4. The third-order valence-electron chi connectivity index (χ3n) is 6.10. The molecule has 1 amide bonds. The number of aryl methyl sites for hydroxylation is 1. The van der Waals surface area contributed by atoms with Crippen LogP contribution in [-0.4, -0.2) is 60.8 Å². The number of benzene rings is 1. The van der Waals surface area contributed by atoms with Crippen LogP contribution in [0.4, 0.5) is 4.79 Å². The van der Waals surface area contributed by atoms with Gasteiger partial charge in [-0.05, 0) is 50.3 Å². The number of amides is 1. The van der Waals surface area contributed by atoms with E-state index in [4.69, 9.17) is 9.47 Å². The molecule has 4 rings (SSSR count). The van der Waals surface area contributed by atoms with Gasteiger partial charge in [-0.2, -0.15) is 0 Å². The predicted octanol–water partition coefficient (Wildman–Crippen LogP) is 3.11. The third kappa shape index (κ3) is 3.62. The standard InChI is InChI=1S/C22H30N2O4/c1-22(2,3)28-21(26)24-10-16(11-24)14-5-7-18-15(9-14)6-8-19(18)23-12-17(13-23)20(25)27-4/h5,7,9,16-17,19H,6,8,10-13H2,1-4H3. The quantitative estimate of drug-likeness (QED) is 0.747. The number of esters is 1. The summed E-state index contributed by atoms with van der Waals surface area (Å²) in [5.74, 6) is 0.330. The van der Waals surface area contributed by atoms with Crippen molar-refractivity contribution in [3.05, 3.63) is 34.9 Å². The summed E-state index contributed by atoms with van der Waals surface area (Å²) in [6.45, 7) is 8.73. The second-order valence-electron chi connectivity index (χ2n) is 9.27. The fourth-order valence-corrected chi connectivity index (χ4v) is 4.50. The Bertz CT molecular complexity index is 773. The number of likely N-dealkylation sites (tertiary alicyclic amines) is 2. The molecule has 152 valence electrons. The zero-order valence-electron chi connectivity index (χ0n) is 17.2. The van der Waals surface area contributed by atoms with Crippen LogP contribution in [0, 0.1) is 5.92 Å². The highest BCUT2D eigenvalue weighted by Gasteiger charge is 2.40. The van der Waals surface area contributed by atoms with Crippen LogP contribution in [-0.2, 0) is 20.7 Å². The van der Waals surface area contributed by atoms with Gasteiger partial charge < -0.3 is 14.4 Å². The van der Waals surface area contributed by atoms with Gasteiger partial charge in [0, 0.05) is 38.1 Å². The van der Waals surface area contributed by atoms with Crippen LogP contribution in [0.3, 0.4) is 0 Å². The number of ether oxygens (including phenoxy) is 2. The molecule has 2 saturated heterocycles. The summed E-state index contributed by atoms with van der Waals surface area (Å²) in [5, 5.41) is 0. The molecule has 0 bridgehead atoms. The largest absolute Gasteiger partial charge is 0.469 e. The number of carbonyl (C=O) groups is 2. The Labute approximate surface area is 166 Å². The zero-order valence-corrected chi connectivity index (χ0v) is 17.2. The van der Waals surface area contributed by atoms with Crippen molar-refractivity contribution in [2.75, 3.05) is 33.3 Å². The van der Waals surface area contributed by atoms with Gasteiger partial charge in [-0.1, -0.05) is 18.2 Å². The van der Waals surface area contributed by atoms with Crippen molar-refractivity contribution in [2.24, 2.45) is 5.92 Å². The molecule has 28 heavy (non-hydrogen) atoms. The van der Waals surface area contributed by atoms with Crippen molar-refractivity contribution < 1.29 is 19.1 Å². The summed E-state index contributed by atoms with van der Waals surface area (Å²) in [4.78, 5) is 27.9. The number of hydrogen-bond donors (Lipinski definition) is 0. The number of rotatable bonds is 3. The maximum atomic E-state index is 12.1. The van der Waals surface area contributed by atoms with Crippen LogP contribution < -0.4 is 0 Å². The summed E-state index contributed by atoms with van der Waals surface area (Å²) >= 11 is 0. The van der Waals surface area contributed by atoms with Gasteiger partial charge >= 0.3 is 12.1 Å². The molecule has 2 fully saturated rings. The topological polar surface area (TPSA) is 59.1 Å². The highest BCUT2D eigenvalue weighted by atomic mass is 16.6. The minimum Gasteiger partial charge on any atom is -0.469 e. The van der Waals surface area contributed by atoms with Crippen LogP contribution in [0.15, 0.2) is 18.2 Å². The summed E-state index contributed by atoms with van der Waals surface area (Å²) in [6, 6.07) is 7.21. The van der Waals surface area contributed by atoms with E-state index in [0.29, 0.717) is 12.0 Å². The first-order valence-corrected chi connectivity index (χ1v) is 10.2. The number of fused-ring (bicyclic) bond motifs is 1. The van der Waals surface area contributed by atoms with E-state index >= 15 is 0 Å². The first-order valence-electron chi connectivity index (χ1n) is 10.2. The summed E-state index contributed by atoms with van der Waals surface area (Å²) in [5.41, 5.74) is 3.68. The highest BCUT2D eigenvalue weighted by molar-refractivity contribution is 5.74. The van der Waals surface area contributed by atoms with Crippen LogP contribution in [0.25, 0.3) is 0 Å². The highest BCUT2D eigenvalue weighted by Crippen LogP contribution is 2.41. The molecule has 6 nitrogen and oxygen atoms in total. The monoisotopic (exact) mass is 386 g/mol. The molecule has 0 aromatic heterocycles. The van der Waals surface area contributed by atoms with Crippen molar-refractivity contribution in [1.29, 1.82) is 0 Å². The lowest BCUT2D eigenvalue weighted by Crippen LogP contribution is -2.51. The number of hydrogen-bond acceptors (Lipinski definition) is 5. The van der Waals surface area contributed by atoms with Gasteiger partial charge in [0.05, 0.1) is 13.0 Å². The van der Waals surface area contributed by atoms with E-state index in [1.807, 2.05) is 20.8 Å². The van der Waals surface area contributed by atoms with E-state index in [9.17, 15) is 9.59 Å². The molecule has 0 spiro atoms. The Morgan fingerprint density at radius 2 is 1.82 bits per heavy atom. The average Bonchev–Trinajstić information content (AvgIpc) is 2.93. The van der Waals surface area contributed by atoms with E-state index in [-0.39, 0.29) is 18.0 Å². The third-order valence-corrected chi connectivity index (χ3v) is 6.10. The van der Waals surface area contributed by atoms with Gasteiger partial charge in [-0.25, -0.2) is 4.79 Å². The lowest BCUT2D eigenvalue weighted by molar-refractivity contribution is -0.152. The lowest BCUT2D eigenvalue weighted by Gasteiger charge is -2.42. The zero-order chi connectivity index (χ0) is 20.1. The molecule has 1 aromatic carbocycles. The Morgan fingerprint density at radius 1 is 1.11 bits per heavy atom. The maximum absolute atomic E-state index is 12.1. The second-order valence-corrected chi connectivity index (χ2v) is 9.27. The molecule has 6 heteroatoms. The van der Waals surface area contributed by atoms with Crippen LogP contribution in [0.5, 0.6) is 0 Å². The van der Waals surface area contributed by atoms with Gasteiger partial charge in [-0.3, -0.25) is 9.69 Å². The van der Waals surface area contributed by atoms with E-state index in [2.05, 4.69) is 23.1 Å². The second kappa shape index (κ2) is 7.07. The molecule has 0 radical (unpaired) electrons. The lowest BCUT2D eigenvalue weighted by atomic mass is 9.89. The van der Waals surface area contributed by atoms with Crippen LogP contribution in [0.2, 0.25) is 0 Å². The summed E-state index contributed by atoms with van der Waals surface area (Å²) in [7, 11) is 1.46. The van der Waals surface area contributed by atoms with Crippen LogP contribution in [0.1, 0.15) is 55.8 Å². The Hall–Kier alpha value is -2.08. The van der Waals surface area contributed by atoms with Crippen molar-refractivity contribution >= 4 is 12.1 Å². The number of carbonyl (C=O) groups excluding carboxylic acids is 2. The molecule has 1 unspecified atom stereocenters. The van der Waals surface area contributed by atoms with Gasteiger partial charge in [0.2, 0.25) is 0 Å². The Balaban J connectivity index is 1.34. The number of nitrogens with zero attached hydrogens (tertiary/aromatic N) is 2. The van der Waals surface area contributed by atoms with Crippen molar-refractivity contribution in [3.63, 3.8) is 0 Å². The van der Waals surface area contributed by atoms with E-state index in [1.165, 1.54) is 23.8 Å². The minimum absolute atomic E-state index is 0.0298. The van der Waals surface area contributed by atoms with E-state index < -0.39 is 5.60 Å². The molecular weight excluding hydrogens is 356 g/mol. The predicted molar refractivity (Wildman–Crippen MR) is 105 cm³/mol. The first-order chi connectivity index (χ1) is 13.2. The molecule has 3 aliphatic rings. The Morgan fingerprint density at radius 3 is 2.46 bits per heavy atom. The van der Waals surface area contributed by atoms with E-state index in [0.717, 1.165) is 39.0 Å². The van der Waals surface area contributed by atoms with Crippen molar-refractivity contribution in [3.8, 4) is 0 Å². The van der Waals surface area contributed by atoms with Crippen LogP contribution >= 0.6 is 0 Å². The first kappa shape index (κ1) is 19.2. The van der Waals surface area contributed by atoms with Gasteiger partial charge in [0.15, 0.2) is 0 Å². The fourth-order valence-electron chi connectivity index (χ4n) is 4.50. The Kier molecular flexibility index (Phi) is 4.86. The number of methoxy groups -OCH3 is 1.